The first kappa shape index (κ1) is 49.0. The average Bonchev–Trinajstić information content (AvgIpc) is 3.94. The van der Waals surface area contributed by atoms with Crippen molar-refractivity contribution < 1.29 is 53.6 Å². The highest BCUT2D eigenvalue weighted by Crippen LogP contribution is 2.37. The average molecular weight is 812 g/mol. The van der Waals surface area contributed by atoms with Crippen LogP contribution in [0, 0.1) is 23.6 Å². The summed E-state index contributed by atoms with van der Waals surface area (Å²) in [4.78, 5) is 26.8. The minimum Gasteiger partial charge on any atom is -0.457 e. The smallest absolute Gasteiger partial charge is 0.407 e. The van der Waals surface area contributed by atoms with Crippen molar-refractivity contribution in [2.24, 2.45) is 23.6 Å². The first-order chi connectivity index (χ1) is 27.6. The second-order valence-electron chi connectivity index (χ2n) is 15.9. The van der Waals surface area contributed by atoms with Crippen molar-refractivity contribution in [3.63, 3.8) is 0 Å². The molecule has 0 aromatic carbocycles. The summed E-state index contributed by atoms with van der Waals surface area (Å²) in [5.41, 5.74) is -0.131. The van der Waals surface area contributed by atoms with Crippen LogP contribution < -0.4 is 5.32 Å². The van der Waals surface area contributed by atoms with Crippen LogP contribution in [0.25, 0.3) is 0 Å². The Balaban J connectivity index is 2.31. The minimum atomic E-state index is -0.999. The molecule has 2 rings (SSSR count). The Bertz CT molecular complexity index is 1260. The van der Waals surface area contributed by atoms with Crippen LogP contribution in [0.4, 0.5) is 4.79 Å². The summed E-state index contributed by atoms with van der Waals surface area (Å²) < 4.78 is 61.9. The van der Waals surface area contributed by atoms with Gasteiger partial charge in [-0.05, 0) is 83.8 Å². The number of ether oxygens (including phenoxy) is 9. The number of hydrogen-bond donors (Lipinski definition) is 1. The lowest BCUT2D eigenvalue weighted by Crippen LogP contribution is -2.47. The van der Waals surface area contributed by atoms with Crippen molar-refractivity contribution in [2.45, 2.75) is 150 Å². The highest BCUT2D eigenvalue weighted by atomic mass is 16.6. The number of alkyl carbamates (subject to hydrolysis) is 1. The lowest BCUT2D eigenvalue weighted by atomic mass is 9.88. The lowest BCUT2D eigenvalue weighted by Gasteiger charge is -2.37. The minimum absolute atomic E-state index is 0.0380. The summed E-state index contributed by atoms with van der Waals surface area (Å²) in [6, 6.07) is 0. The van der Waals surface area contributed by atoms with Gasteiger partial charge in [-0.2, -0.15) is 0 Å². The summed E-state index contributed by atoms with van der Waals surface area (Å²) in [5.74, 6) is -0.970. The number of epoxide rings is 1. The summed E-state index contributed by atoms with van der Waals surface area (Å²) in [5, 5.41) is 2.73. The number of carbonyl (C=O) groups is 2. The standard InChI is InChI=1S/C45H79NO11/c1-12-38(53-27-24-50-14-3)36(10)43-39(55-43)29-33(7)17-16-18-34(8)42-35(9)19-20-40(56-44(48)46-31-32(5)6)45(11,54-28-25-51-15-4)22-21-37(30-41(47)57-42)52-26-23-49-13-2/h16-20,32-33,35-40,42-43H,12-15,21-31H2,1-11H3,(H,46,48)/b17-16+,20-19+,34-18+/i32T. The van der Waals surface area contributed by atoms with Crippen molar-refractivity contribution in [1.82, 2.24) is 5.32 Å². The normalized spacial score (nSPS) is 28.7. The molecule has 0 aromatic heterocycles. The molecule has 2 heterocycles. The van der Waals surface area contributed by atoms with E-state index in [0.29, 0.717) is 71.6 Å². The Labute approximate surface area is 346 Å². The van der Waals surface area contributed by atoms with E-state index in [1.165, 1.54) is 0 Å². The molecule has 1 N–H and O–H groups in total. The van der Waals surface area contributed by atoms with Crippen LogP contribution in [0.2, 0.25) is 0 Å². The molecular formula is C45H79NO11. The van der Waals surface area contributed by atoms with Crippen LogP contribution in [0.15, 0.2) is 36.0 Å². The van der Waals surface area contributed by atoms with Crippen molar-refractivity contribution in [3.05, 3.63) is 36.0 Å². The van der Waals surface area contributed by atoms with Crippen LogP contribution in [-0.2, 0) is 47.4 Å². The molecule has 0 aromatic rings. The molecule has 2 aliphatic heterocycles. The van der Waals surface area contributed by atoms with Gasteiger partial charge in [0, 0.05) is 39.6 Å². The first-order valence-corrected chi connectivity index (χ1v) is 21.5. The maximum absolute atomic E-state index is 13.6. The SMILES string of the molecule is [3H]C(C)(C)CNC(=O)OC1/C=C/C(C)C(/C(C)=C/C=C/C(C)CC2OC2C(C)C(CC)OCCOCC)OC(=O)CC(OCCOCC)CCC1(C)OCCOCC. The van der Waals surface area contributed by atoms with Gasteiger partial charge in [-0.25, -0.2) is 4.79 Å². The summed E-state index contributed by atoms with van der Waals surface area (Å²) in [6.45, 7) is 26.1. The Kier molecular flexibility index (Phi) is 24.3. The van der Waals surface area contributed by atoms with Gasteiger partial charge in [0.2, 0.25) is 0 Å². The molecule has 10 unspecified atom stereocenters. The third-order valence-corrected chi connectivity index (χ3v) is 10.5. The second kappa shape index (κ2) is 28.2. The van der Waals surface area contributed by atoms with Crippen LogP contribution in [0.3, 0.4) is 0 Å². The Morgan fingerprint density at radius 3 is 2.32 bits per heavy atom. The van der Waals surface area contributed by atoms with E-state index >= 15 is 0 Å². The maximum atomic E-state index is 13.6. The molecule has 0 radical (unpaired) electrons. The third-order valence-electron chi connectivity index (χ3n) is 10.5. The van der Waals surface area contributed by atoms with Crippen molar-refractivity contribution in [3.8, 4) is 0 Å². The zero-order chi connectivity index (χ0) is 43.1. The molecule has 57 heavy (non-hydrogen) atoms. The van der Waals surface area contributed by atoms with E-state index in [4.69, 9.17) is 44.0 Å². The summed E-state index contributed by atoms with van der Waals surface area (Å²) in [6.07, 6.45) is 10.6. The number of cyclic esters (lactones) is 1. The number of esters is 1. The molecule has 330 valence electrons. The number of rotatable bonds is 26. The molecule has 0 spiro atoms. The molecule has 0 aliphatic carbocycles. The molecule has 10 atom stereocenters. The molecule has 1 saturated heterocycles. The molecule has 1 fully saturated rings. The van der Waals surface area contributed by atoms with E-state index < -0.39 is 35.9 Å². The lowest BCUT2D eigenvalue weighted by molar-refractivity contribution is -0.154. The number of hydrogen-bond acceptors (Lipinski definition) is 11. The Morgan fingerprint density at radius 2 is 1.67 bits per heavy atom. The van der Waals surface area contributed by atoms with Crippen LogP contribution in [-0.4, -0.2) is 120 Å². The van der Waals surface area contributed by atoms with Gasteiger partial charge in [0.1, 0.15) is 11.7 Å². The molecule has 0 saturated carbocycles. The summed E-state index contributed by atoms with van der Waals surface area (Å²) >= 11 is 0. The predicted octanol–water partition coefficient (Wildman–Crippen LogP) is 8.02. The maximum Gasteiger partial charge on any atom is 0.407 e. The van der Waals surface area contributed by atoms with E-state index in [2.05, 4.69) is 32.2 Å². The highest BCUT2D eigenvalue weighted by molar-refractivity contribution is 5.70. The number of carbonyl (C=O) groups excluding carboxylic acids is 2. The van der Waals surface area contributed by atoms with Crippen LogP contribution in [0.5, 0.6) is 0 Å². The van der Waals surface area contributed by atoms with Crippen LogP contribution >= 0.6 is 0 Å². The van der Waals surface area contributed by atoms with Crippen molar-refractivity contribution >= 4 is 12.1 Å². The predicted molar refractivity (Wildman–Crippen MR) is 223 cm³/mol. The number of amides is 1. The Hall–Kier alpha value is -2.32. The fourth-order valence-corrected chi connectivity index (χ4v) is 7.03. The van der Waals surface area contributed by atoms with E-state index in [0.717, 1.165) is 18.4 Å². The van der Waals surface area contributed by atoms with Gasteiger partial charge in [0.15, 0.2) is 6.10 Å². The van der Waals surface area contributed by atoms with Crippen molar-refractivity contribution in [2.75, 3.05) is 66.0 Å². The van der Waals surface area contributed by atoms with Gasteiger partial charge in [-0.1, -0.05) is 65.8 Å². The van der Waals surface area contributed by atoms with Crippen molar-refractivity contribution in [1.29, 1.82) is 0 Å². The van der Waals surface area contributed by atoms with E-state index in [1.807, 2.05) is 65.8 Å². The fraction of sp³-hybridized carbons (Fsp3) is 0.822. The molecule has 1 amide bonds. The van der Waals surface area contributed by atoms with Gasteiger partial charge in [-0.3, -0.25) is 4.79 Å². The van der Waals surface area contributed by atoms with E-state index in [1.54, 1.807) is 13.8 Å². The molecular weight excluding hydrogens is 730 g/mol. The van der Waals surface area contributed by atoms with Gasteiger partial charge in [-0.15, -0.1) is 0 Å². The molecule has 0 bridgehead atoms. The molecule has 2 aliphatic rings. The van der Waals surface area contributed by atoms with Gasteiger partial charge in [0.05, 0.1) is 70.5 Å². The van der Waals surface area contributed by atoms with E-state index in [-0.39, 0.29) is 55.7 Å². The fourth-order valence-electron chi connectivity index (χ4n) is 7.03. The highest BCUT2D eigenvalue weighted by Gasteiger charge is 2.45. The molecule has 12 nitrogen and oxygen atoms in total. The van der Waals surface area contributed by atoms with Gasteiger partial charge in [0.25, 0.3) is 0 Å². The summed E-state index contributed by atoms with van der Waals surface area (Å²) in [7, 11) is 0. The quantitative estimate of drug-likeness (QED) is 0.0300. The first-order valence-electron chi connectivity index (χ1n) is 22.0. The number of allylic oxidation sites excluding steroid dienone is 3. The molecule has 12 heteroatoms. The zero-order valence-electron chi connectivity index (χ0n) is 38.2. The third kappa shape index (κ3) is 20.0. The number of nitrogens with one attached hydrogen (secondary N) is 1. The Morgan fingerprint density at radius 1 is 1.00 bits per heavy atom. The van der Waals surface area contributed by atoms with Gasteiger partial charge >= 0.3 is 12.1 Å². The topological polar surface area (TPSA) is 133 Å². The van der Waals surface area contributed by atoms with Crippen LogP contribution in [0.1, 0.15) is 110 Å². The van der Waals surface area contributed by atoms with E-state index in [9.17, 15) is 9.59 Å². The monoisotopic (exact) mass is 812 g/mol. The second-order valence-corrected chi connectivity index (χ2v) is 15.9. The zero-order valence-corrected chi connectivity index (χ0v) is 37.2. The largest absolute Gasteiger partial charge is 0.457 e. The van der Waals surface area contributed by atoms with Gasteiger partial charge < -0.3 is 47.9 Å².